The highest BCUT2D eigenvalue weighted by atomic mass is 32.2. The van der Waals surface area contributed by atoms with Crippen molar-refractivity contribution in [2.24, 2.45) is 0 Å². The number of thioether (sulfide) groups is 1. The van der Waals surface area contributed by atoms with Gasteiger partial charge in [0.25, 0.3) is 5.91 Å². The largest absolute Gasteiger partial charge is 0.455 e. The fraction of sp³-hybridized carbons (Fsp3) is 0.182. The van der Waals surface area contributed by atoms with Crippen LogP contribution in [-0.4, -0.2) is 24.2 Å². The lowest BCUT2D eigenvalue weighted by atomic mass is 10.1. The van der Waals surface area contributed by atoms with Gasteiger partial charge in [-0.2, -0.15) is 0 Å². The van der Waals surface area contributed by atoms with Gasteiger partial charge in [0, 0.05) is 10.6 Å². The summed E-state index contributed by atoms with van der Waals surface area (Å²) in [5.74, 6) is -0.593. The van der Waals surface area contributed by atoms with Crippen LogP contribution in [0.4, 0.5) is 5.69 Å². The fourth-order valence-corrected chi connectivity index (χ4v) is 3.47. The smallest absolute Gasteiger partial charge is 0.316 e. The van der Waals surface area contributed by atoms with Crippen molar-refractivity contribution in [3.05, 3.63) is 71.8 Å². The molecule has 27 heavy (non-hydrogen) atoms. The number of benzene rings is 3. The maximum Gasteiger partial charge on any atom is 0.316 e. The topological polar surface area (TPSA) is 55.4 Å². The van der Waals surface area contributed by atoms with E-state index in [2.05, 4.69) is 5.32 Å². The van der Waals surface area contributed by atoms with Crippen LogP contribution in [0.1, 0.15) is 11.1 Å². The summed E-state index contributed by atoms with van der Waals surface area (Å²) in [4.78, 5) is 24.9. The molecule has 0 aromatic heterocycles. The Hall–Kier alpha value is -2.79. The van der Waals surface area contributed by atoms with Gasteiger partial charge in [-0.1, -0.05) is 48.0 Å². The van der Waals surface area contributed by atoms with Crippen LogP contribution in [0.25, 0.3) is 10.8 Å². The standard InChI is InChI=1S/C22H21NO3S/c1-15-7-10-20(16(2)11-15)23-21(24)13-26-22(25)14-27-19-9-8-17-5-3-4-6-18(17)12-19/h3-12H,13-14H2,1-2H3,(H,23,24). The van der Waals surface area contributed by atoms with Gasteiger partial charge in [0.05, 0.1) is 5.75 Å². The third-order valence-electron chi connectivity index (χ3n) is 4.10. The van der Waals surface area contributed by atoms with Gasteiger partial charge in [0.2, 0.25) is 0 Å². The lowest BCUT2D eigenvalue weighted by Crippen LogP contribution is -2.22. The van der Waals surface area contributed by atoms with Gasteiger partial charge in [-0.3, -0.25) is 9.59 Å². The molecule has 5 heteroatoms. The van der Waals surface area contributed by atoms with Crippen molar-refractivity contribution < 1.29 is 14.3 Å². The molecule has 3 aromatic rings. The first-order chi connectivity index (χ1) is 13.0. The maximum atomic E-state index is 12.0. The van der Waals surface area contributed by atoms with E-state index in [4.69, 9.17) is 4.74 Å². The van der Waals surface area contributed by atoms with Crippen LogP contribution in [0.2, 0.25) is 0 Å². The molecule has 0 unspecified atom stereocenters. The number of aryl methyl sites for hydroxylation is 2. The molecule has 0 bridgehead atoms. The highest BCUT2D eigenvalue weighted by Gasteiger charge is 2.10. The first-order valence-electron chi connectivity index (χ1n) is 8.65. The molecule has 0 fully saturated rings. The number of hydrogen-bond acceptors (Lipinski definition) is 4. The van der Waals surface area contributed by atoms with Crippen LogP contribution in [0.15, 0.2) is 65.6 Å². The van der Waals surface area contributed by atoms with Crippen LogP contribution < -0.4 is 5.32 Å². The molecule has 0 aliphatic carbocycles. The average molecular weight is 379 g/mol. The van der Waals surface area contributed by atoms with Crippen molar-refractivity contribution >= 4 is 40.1 Å². The molecule has 1 amide bonds. The molecule has 3 rings (SSSR count). The molecular weight excluding hydrogens is 358 g/mol. The van der Waals surface area contributed by atoms with Crippen LogP contribution in [0.5, 0.6) is 0 Å². The van der Waals surface area contributed by atoms with E-state index in [0.29, 0.717) is 0 Å². The second kappa shape index (κ2) is 8.73. The summed E-state index contributed by atoms with van der Waals surface area (Å²) in [5.41, 5.74) is 2.83. The normalized spacial score (nSPS) is 10.6. The van der Waals surface area contributed by atoms with E-state index in [1.165, 1.54) is 11.8 Å². The zero-order chi connectivity index (χ0) is 19.2. The van der Waals surface area contributed by atoms with Crippen LogP contribution in [0, 0.1) is 13.8 Å². The molecule has 0 atom stereocenters. The Morgan fingerprint density at radius 2 is 1.74 bits per heavy atom. The first kappa shape index (κ1) is 19.0. The number of carbonyl (C=O) groups is 2. The van der Waals surface area contributed by atoms with Gasteiger partial charge < -0.3 is 10.1 Å². The molecule has 3 aromatic carbocycles. The van der Waals surface area contributed by atoms with Gasteiger partial charge in [-0.05, 0) is 48.4 Å². The van der Waals surface area contributed by atoms with Crippen molar-refractivity contribution in [2.45, 2.75) is 18.7 Å². The third kappa shape index (κ3) is 5.34. The Morgan fingerprint density at radius 3 is 2.52 bits per heavy atom. The summed E-state index contributed by atoms with van der Waals surface area (Å²) < 4.78 is 5.08. The fourth-order valence-electron chi connectivity index (χ4n) is 2.73. The summed E-state index contributed by atoms with van der Waals surface area (Å²) in [6.07, 6.45) is 0. The molecule has 0 aliphatic heterocycles. The third-order valence-corrected chi connectivity index (χ3v) is 5.07. The Kier molecular flexibility index (Phi) is 6.14. The number of amides is 1. The van der Waals surface area contributed by atoms with Crippen LogP contribution in [0.3, 0.4) is 0 Å². The number of rotatable bonds is 6. The van der Waals surface area contributed by atoms with E-state index in [1.807, 2.05) is 74.5 Å². The van der Waals surface area contributed by atoms with E-state index >= 15 is 0 Å². The first-order valence-corrected chi connectivity index (χ1v) is 9.64. The highest BCUT2D eigenvalue weighted by Crippen LogP contribution is 2.23. The minimum atomic E-state index is -0.413. The SMILES string of the molecule is Cc1ccc(NC(=O)COC(=O)CSc2ccc3ccccc3c2)c(C)c1. The number of esters is 1. The summed E-state index contributed by atoms with van der Waals surface area (Å²) in [5, 5.41) is 5.05. The summed E-state index contributed by atoms with van der Waals surface area (Å²) >= 11 is 1.40. The van der Waals surface area contributed by atoms with Gasteiger partial charge in [-0.25, -0.2) is 0 Å². The van der Waals surface area contributed by atoms with Gasteiger partial charge in [0.1, 0.15) is 0 Å². The molecular formula is C22H21NO3S. The maximum absolute atomic E-state index is 12.0. The number of hydrogen-bond donors (Lipinski definition) is 1. The van der Waals surface area contributed by atoms with Crippen LogP contribution >= 0.6 is 11.8 Å². The molecule has 0 aliphatic rings. The predicted molar refractivity (Wildman–Crippen MR) is 110 cm³/mol. The Labute approximate surface area is 162 Å². The molecule has 0 heterocycles. The summed E-state index contributed by atoms with van der Waals surface area (Å²) in [7, 11) is 0. The van der Waals surface area contributed by atoms with Gasteiger partial charge in [-0.15, -0.1) is 11.8 Å². The number of ether oxygens (including phenoxy) is 1. The lowest BCUT2D eigenvalue weighted by molar-refractivity contribution is -0.144. The lowest BCUT2D eigenvalue weighted by Gasteiger charge is -2.09. The van der Waals surface area contributed by atoms with E-state index in [-0.39, 0.29) is 18.3 Å². The van der Waals surface area contributed by atoms with E-state index in [1.54, 1.807) is 0 Å². The molecule has 4 nitrogen and oxygen atoms in total. The molecule has 0 saturated carbocycles. The van der Waals surface area contributed by atoms with Crippen molar-refractivity contribution in [1.29, 1.82) is 0 Å². The van der Waals surface area contributed by atoms with Crippen molar-refractivity contribution in [3.63, 3.8) is 0 Å². The highest BCUT2D eigenvalue weighted by molar-refractivity contribution is 8.00. The minimum absolute atomic E-state index is 0.162. The van der Waals surface area contributed by atoms with Crippen molar-refractivity contribution in [2.75, 3.05) is 17.7 Å². The van der Waals surface area contributed by atoms with E-state index in [9.17, 15) is 9.59 Å². The molecule has 0 saturated heterocycles. The number of nitrogens with one attached hydrogen (secondary N) is 1. The van der Waals surface area contributed by atoms with Crippen molar-refractivity contribution in [3.8, 4) is 0 Å². The number of fused-ring (bicyclic) bond motifs is 1. The predicted octanol–water partition coefficient (Wildman–Crippen LogP) is 4.73. The Morgan fingerprint density at radius 1 is 0.963 bits per heavy atom. The molecule has 138 valence electrons. The van der Waals surface area contributed by atoms with Gasteiger partial charge in [0.15, 0.2) is 6.61 Å². The quantitative estimate of drug-likeness (QED) is 0.497. The Bertz CT molecular complexity index is 984. The molecule has 1 N–H and O–H groups in total. The van der Waals surface area contributed by atoms with Crippen molar-refractivity contribution in [1.82, 2.24) is 0 Å². The molecule has 0 spiro atoms. The zero-order valence-electron chi connectivity index (χ0n) is 15.3. The summed E-state index contributed by atoms with van der Waals surface area (Å²) in [6, 6.07) is 19.9. The summed E-state index contributed by atoms with van der Waals surface area (Å²) in [6.45, 7) is 3.63. The van der Waals surface area contributed by atoms with E-state index in [0.717, 1.165) is 32.5 Å². The molecule has 0 radical (unpaired) electrons. The zero-order valence-corrected chi connectivity index (χ0v) is 16.1. The van der Waals surface area contributed by atoms with Gasteiger partial charge >= 0.3 is 5.97 Å². The monoisotopic (exact) mass is 379 g/mol. The second-order valence-electron chi connectivity index (χ2n) is 6.32. The van der Waals surface area contributed by atoms with E-state index < -0.39 is 5.97 Å². The second-order valence-corrected chi connectivity index (χ2v) is 7.37. The Balaban J connectivity index is 1.46. The number of anilines is 1. The number of carbonyl (C=O) groups excluding carboxylic acids is 2. The minimum Gasteiger partial charge on any atom is -0.455 e. The van der Waals surface area contributed by atoms with Crippen LogP contribution in [-0.2, 0) is 14.3 Å². The average Bonchev–Trinajstić information content (AvgIpc) is 2.67.